The molecule has 0 amide bonds. The number of carboxylic acid groups (broad SMARTS) is 1. The Bertz CT molecular complexity index is 578. The van der Waals surface area contributed by atoms with Crippen LogP contribution in [0.3, 0.4) is 0 Å². The minimum atomic E-state index is -0.991. The van der Waals surface area contributed by atoms with E-state index in [1.165, 1.54) is 11.8 Å². The number of aromatic nitrogens is 2. The smallest absolute Gasteiger partial charge is 0.356 e. The molecule has 94 valence electrons. The van der Waals surface area contributed by atoms with Crippen LogP contribution < -0.4 is 0 Å². The molecule has 0 aliphatic carbocycles. The average molecular weight is 262 g/mol. The number of nitrogens with zero attached hydrogens (tertiary/aromatic N) is 1. The molecule has 18 heavy (non-hydrogen) atoms. The fraction of sp³-hybridized carbons (Fsp3) is 0.231. The fourth-order valence-electron chi connectivity index (χ4n) is 1.79. The predicted octanol–water partition coefficient (Wildman–Crippen LogP) is 2.73. The summed E-state index contributed by atoms with van der Waals surface area (Å²) in [4.78, 5) is 18.3. The van der Waals surface area contributed by atoms with Crippen molar-refractivity contribution in [2.75, 3.05) is 6.26 Å². The van der Waals surface area contributed by atoms with Gasteiger partial charge in [-0.15, -0.1) is 0 Å². The van der Waals surface area contributed by atoms with Crippen LogP contribution in [0.5, 0.6) is 0 Å². The van der Waals surface area contributed by atoms with E-state index in [1.54, 1.807) is 0 Å². The lowest BCUT2D eigenvalue weighted by atomic mass is 10.0. The molecule has 2 aromatic rings. The van der Waals surface area contributed by atoms with E-state index in [4.69, 9.17) is 5.11 Å². The van der Waals surface area contributed by atoms with Gasteiger partial charge in [-0.1, -0.05) is 36.0 Å². The van der Waals surface area contributed by atoms with E-state index in [1.807, 2.05) is 37.4 Å². The highest BCUT2D eigenvalue weighted by Crippen LogP contribution is 2.19. The van der Waals surface area contributed by atoms with Gasteiger partial charge in [0.2, 0.25) is 0 Å². The number of carboxylic acids is 1. The largest absolute Gasteiger partial charge is 0.476 e. The highest BCUT2D eigenvalue weighted by Gasteiger charge is 2.16. The van der Waals surface area contributed by atoms with Crippen LogP contribution in [-0.4, -0.2) is 27.3 Å². The van der Waals surface area contributed by atoms with Gasteiger partial charge in [-0.2, -0.15) is 0 Å². The number of aromatic carboxylic acids is 1. The maximum Gasteiger partial charge on any atom is 0.356 e. The minimum absolute atomic E-state index is 0.114. The van der Waals surface area contributed by atoms with Gasteiger partial charge in [0.25, 0.3) is 0 Å². The number of carbonyl (C=O) groups is 1. The molecule has 4 nitrogen and oxygen atoms in total. The van der Waals surface area contributed by atoms with Gasteiger partial charge in [0.15, 0.2) is 10.9 Å². The monoisotopic (exact) mass is 262 g/mol. The van der Waals surface area contributed by atoms with E-state index < -0.39 is 5.97 Å². The standard InChI is InChI=1S/C13H14N2O2S/c1-8-5-3-4-6-9(8)7-10-11(12(16)17)15-13(14-10)18-2/h3-6H,7H2,1-2H3,(H,14,15)(H,16,17). The van der Waals surface area contributed by atoms with Gasteiger partial charge in [0.05, 0.1) is 5.69 Å². The molecular weight excluding hydrogens is 248 g/mol. The zero-order chi connectivity index (χ0) is 13.1. The van der Waals surface area contributed by atoms with Crippen LogP contribution in [0.15, 0.2) is 29.4 Å². The number of imidazole rings is 1. The second-order valence-electron chi connectivity index (χ2n) is 3.98. The quantitative estimate of drug-likeness (QED) is 0.831. The third-order valence-electron chi connectivity index (χ3n) is 2.78. The third kappa shape index (κ3) is 2.56. The lowest BCUT2D eigenvalue weighted by molar-refractivity contribution is 0.0689. The Morgan fingerprint density at radius 2 is 2.17 bits per heavy atom. The summed E-state index contributed by atoms with van der Waals surface area (Å²) in [6.45, 7) is 2.02. The molecule has 0 aliphatic rings. The van der Waals surface area contributed by atoms with E-state index in [0.717, 1.165) is 11.1 Å². The highest BCUT2D eigenvalue weighted by molar-refractivity contribution is 7.98. The van der Waals surface area contributed by atoms with Gasteiger partial charge in [-0.05, 0) is 24.3 Å². The first-order chi connectivity index (χ1) is 8.61. The van der Waals surface area contributed by atoms with Crippen LogP contribution in [0.1, 0.15) is 27.3 Å². The molecule has 2 rings (SSSR count). The van der Waals surface area contributed by atoms with Crippen molar-refractivity contribution in [2.24, 2.45) is 0 Å². The molecule has 0 aliphatic heterocycles. The van der Waals surface area contributed by atoms with Crippen LogP contribution in [0, 0.1) is 6.92 Å². The molecule has 0 atom stereocenters. The number of aromatic amines is 1. The van der Waals surface area contributed by atoms with Crippen molar-refractivity contribution in [2.45, 2.75) is 18.5 Å². The summed E-state index contributed by atoms with van der Waals surface area (Å²) >= 11 is 1.41. The Labute approximate surface area is 109 Å². The Kier molecular flexibility index (Phi) is 3.72. The van der Waals surface area contributed by atoms with Crippen molar-refractivity contribution in [3.63, 3.8) is 0 Å². The van der Waals surface area contributed by atoms with Crippen LogP contribution in [0.2, 0.25) is 0 Å². The lowest BCUT2D eigenvalue weighted by Crippen LogP contribution is -2.03. The minimum Gasteiger partial charge on any atom is -0.476 e. The molecule has 2 N–H and O–H groups in total. The molecule has 1 aromatic carbocycles. The predicted molar refractivity (Wildman–Crippen MR) is 71.3 cm³/mol. The lowest BCUT2D eigenvalue weighted by Gasteiger charge is -2.04. The number of nitrogens with one attached hydrogen (secondary N) is 1. The van der Waals surface area contributed by atoms with E-state index in [-0.39, 0.29) is 5.69 Å². The summed E-state index contributed by atoms with van der Waals surface area (Å²) in [7, 11) is 0. The normalized spacial score (nSPS) is 10.6. The molecule has 0 unspecified atom stereocenters. The number of rotatable bonds is 4. The van der Waals surface area contributed by atoms with E-state index in [0.29, 0.717) is 17.3 Å². The first-order valence-corrected chi connectivity index (χ1v) is 6.75. The molecule has 0 saturated heterocycles. The van der Waals surface area contributed by atoms with Crippen molar-refractivity contribution < 1.29 is 9.90 Å². The summed E-state index contributed by atoms with van der Waals surface area (Å²) in [5.41, 5.74) is 3.02. The number of hydrogen-bond acceptors (Lipinski definition) is 3. The average Bonchev–Trinajstić information content (AvgIpc) is 2.75. The van der Waals surface area contributed by atoms with Crippen molar-refractivity contribution in [3.05, 3.63) is 46.8 Å². The van der Waals surface area contributed by atoms with Crippen LogP contribution in [0.4, 0.5) is 0 Å². The summed E-state index contributed by atoms with van der Waals surface area (Å²) in [6.07, 6.45) is 2.42. The Morgan fingerprint density at radius 3 is 2.78 bits per heavy atom. The van der Waals surface area contributed by atoms with Crippen LogP contribution in [0.25, 0.3) is 0 Å². The molecule has 5 heteroatoms. The van der Waals surface area contributed by atoms with Crippen molar-refractivity contribution >= 4 is 17.7 Å². The van der Waals surface area contributed by atoms with E-state index in [9.17, 15) is 4.79 Å². The second-order valence-corrected chi connectivity index (χ2v) is 4.78. The van der Waals surface area contributed by atoms with Gasteiger partial charge >= 0.3 is 5.97 Å². The van der Waals surface area contributed by atoms with Gasteiger partial charge in [-0.25, -0.2) is 9.78 Å². The van der Waals surface area contributed by atoms with Gasteiger partial charge in [0, 0.05) is 6.42 Å². The van der Waals surface area contributed by atoms with Crippen molar-refractivity contribution in [1.29, 1.82) is 0 Å². The highest BCUT2D eigenvalue weighted by atomic mass is 32.2. The molecule has 0 spiro atoms. The second kappa shape index (κ2) is 5.27. The topological polar surface area (TPSA) is 66.0 Å². The molecule has 0 saturated carbocycles. The summed E-state index contributed by atoms with van der Waals surface area (Å²) in [5.74, 6) is -0.991. The molecule has 0 fully saturated rings. The Morgan fingerprint density at radius 1 is 1.44 bits per heavy atom. The third-order valence-corrected chi connectivity index (χ3v) is 3.36. The van der Waals surface area contributed by atoms with Gasteiger partial charge in [-0.3, -0.25) is 0 Å². The maximum absolute atomic E-state index is 11.1. The number of benzene rings is 1. The van der Waals surface area contributed by atoms with E-state index >= 15 is 0 Å². The molecule has 1 aromatic heterocycles. The van der Waals surface area contributed by atoms with Crippen LogP contribution in [-0.2, 0) is 6.42 Å². The fourth-order valence-corrected chi connectivity index (χ4v) is 2.19. The molecule has 0 bridgehead atoms. The number of hydrogen-bond donors (Lipinski definition) is 2. The summed E-state index contributed by atoms with van der Waals surface area (Å²) < 4.78 is 0. The van der Waals surface area contributed by atoms with Crippen LogP contribution >= 0.6 is 11.8 Å². The first-order valence-electron chi connectivity index (χ1n) is 5.52. The summed E-state index contributed by atoms with van der Waals surface area (Å²) in [6, 6.07) is 7.94. The number of thioether (sulfide) groups is 1. The molecule has 1 heterocycles. The number of aryl methyl sites for hydroxylation is 1. The zero-order valence-corrected chi connectivity index (χ0v) is 11.0. The first kappa shape index (κ1) is 12.7. The van der Waals surface area contributed by atoms with Gasteiger partial charge in [0.1, 0.15) is 0 Å². The maximum atomic E-state index is 11.1. The SMILES string of the molecule is CSc1nc(C(=O)O)c(Cc2ccccc2C)[nH]1. The summed E-state index contributed by atoms with van der Waals surface area (Å²) in [5, 5.41) is 9.77. The Balaban J connectivity index is 2.36. The molecular formula is C13H14N2O2S. The van der Waals surface area contributed by atoms with Crippen molar-refractivity contribution in [1.82, 2.24) is 9.97 Å². The molecule has 0 radical (unpaired) electrons. The number of H-pyrrole nitrogens is 1. The zero-order valence-electron chi connectivity index (χ0n) is 10.2. The Hall–Kier alpha value is -1.75. The van der Waals surface area contributed by atoms with E-state index in [2.05, 4.69) is 9.97 Å². The van der Waals surface area contributed by atoms with Gasteiger partial charge < -0.3 is 10.1 Å². The van der Waals surface area contributed by atoms with Crippen molar-refractivity contribution in [3.8, 4) is 0 Å².